The van der Waals surface area contributed by atoms with E-state index in [9.17, 15) is 0 Å². The third-order valence-corrected chi connectivity index (χ3v) is 6.03. The summed E-state index contributed by atoms with van der Waals surface area (Å²) >= 11 is 2.38. The number of likely N-dealkylation sites (tertiary alicyclic amines) is 1. The zero-order valence-electron chi connectivity index (χ0n) is 13.7. The molecule has 1 aromatic rings. The van der Waals surface area contributed by atoms with Crippen molar-refractivity contribution in [2.75, 3.05) is 20.1 Å². The van der Waals surface area contributed by atoms with Crippen molar-refractivity contribution in [3.05, 3.63) is 33.4 Å². The minimum absolute atomic E-state index is 0.300. The maximum Gasteiger partial charge on any atom is 0.0360 e. The first-order valence-electron chi connectivity index (χ1n) is 8.33. The van der Waals surface area contributed by atoms with Crippen LogP contribution < -0.4 is 5.32 Å². The van der Waals surface area contributed by atoms with Gasteiger partial charge in [-0.05, 0) is 92.5 Å². The minimum Gasteiger partial charge on any atom is -0.315 e. The van der Waals surface area contributed by atoms with E-state index >= 15 is 0 Å². The van der Waals surface area contributed by atoms with Crippen LogP contribution in [0.15, 0.2) is 24.3 Å². The van der Waals surface area contributed by atoms with Crippen LogP contribution in [-0.4, -0.2) is 36.6 Å². The fraction of sp³-hybridized carbons (Fsp3) is 0.667. The van der Waals surface area contributed by atoms with Gasteiger partial charge in [-0.1, -0.05) is 26.0 Å². The number of hydrogen-bond acceptors (Lipinski definition) is 2. The van der Waals surface area contributed by atoms with E-state index in [1.807, 2.05) is 0 Å². The second-order valence-corrected chi connectivity index (χ2v) is 7.42. The summed E-state index contributed by atoms with van der Waals surface area (Å²) in [6.45, 7) is 7.26. The van der Waals surface area contributed by atoms with Gasteiger partial charge in [0.1, 0.15) is 0 Å². The molecule has 0 aliphatic carbocycles. The normalized spacial score (nSPS) is 18.1. The summed E-state index contributed by atoms with van der Waals surface area (Å²) in [7, 11) is 2.13. The standard InChI is InChI=1S/C18H29IN2/c1-4-18(5-2,21-12-6-7-13-21)17(20-3)14-15-8-10-16(19)11-9-15/h8-11,17,20H,4-7,12-14H2,1-3H3. The highest BCUT2D eigenvalue weighted by Gasteiger charge is 2.41. The Labute approximate surface area is 143 Å². The lowest BCUT2D eigenvalue weighted by molar-refractivity contribution is 0.0650. The summed E-state index contributed by atoms with van der Waals surface area (Å²) in [6.07, 6.45) is 6.29. The van der Waals surface area contributed by atoms with Gasteiger partial charge in [0, 0.05) is 15.2 Å². The van der Waals surface area contributed by atoms with E-state index in [4.69, 9.17) is 0 Å². The van der Waals surface area contributed by atoms with Crippen molar-refractivity contribution >= 4 is 22.6 Å². The van der Waals surface area contributed by atoms with Gasteiger partial charge >= 0.3 is 0 Å². The van der Waals surface area contributed by atoms with Gasteiger partial charge in [0.15, 0.2) is 0 Å². The number of halogens is 1. The van der Waals surface area contributed by atoms with Gasteiger partial charge in [0.05, 0.1) is 0 Å². The van der Waals surface area contributed by atoms with E-state index < -0.39 is 0 Å². The molecular formula is C18H29IN2. The van der Waals surface area contributed by atoms with E-state index in [2.05, 4.69) is 78.0 Å². The van der Waals surface area contributed by atoms with Crippen LogP contribution >= 0.6 is 22.6 Å². The molecular weight excluding hydrogens is 371 g/mol. The third-order valence-electron chi connectivity index (χ3n) is 5.31. The van der Waals surface area contributed by atoms with E-state index in [0.29, 0.717) is 11.6 Å². The van der Waals surface area contributed by atoms with Crippen LogP contribution in [-0.2, 0) is 6.42 Å². The molecule has 0 aromatic heterocycles. The lowest BCUT2D eigenvalue weighted by Crippen LogP contribution is -2.60. The molecule has 0 radical (unpaired) electrons. The predicted molar refractivity (Wildman–Crippen MR) is 99.8 cm³/mol. The van der Waals surface area contributed by atoms with Gasteiger partial charge in [0.25, 0.3) is 0 Å². The molecule has 1 aliphatic rings. The fourth-order valence-electron chi connectivity index (χ4n) is 3.99. The maximum atomic E-state index is 3.64. The molecule has 21 heavy (non-hydrogen) atoms. The zero-order valence-corrected chi connectivity index (χ0v) is 15.8. The molecule has 0 bridgehead atoms. The van der Waals surface area contributed by atoms with E-state index in [-0.39, 0.29) is 0 Å². The molecule has 0 saturated carbocycles. The van der Waals surface area contributed by atoms with Crippen LogP contribution in [0.5, 0.6) is 0 Å². The molecule has 0 amide bonds. The summed E-state index contributed by atoms with van der Waals surface area (Å²) in [4.78, 5) is 2.75. The molecule has 1 N–H and O–H groups in total. The Morgan fingerprint density at radius 3 is 2.19 bits per heavy atom. The van der Waals surface area contributed by atoms with Gasteiger partial charge in [-0.25, -0.2) is 0 Å². The predicted octanol–water partition coefficient (Wildman–Crippen LogP) is 4.08. The Morgan fingerprint density at radius 1 is 1.14 bits per heavy atom. The Morgan fingerprint density at radius 2 is 1.71 bits per heavy atom. The highest BCUT2D eigenvalue weighted by molar-refractivity contribution is 14.1. The molecule has 118 valence electrons. The van der Waals surface area contributed by atoms with Gasteiger partial charge in [-0.2, -0.15) is 0 Å². The largest absolute Gasteiger partial charge is 0.315 e. The average Bonchev–Trinajstić information content (AvgIpc) is 3.04. The summed E-state index contributed by atoms with van der Waals surface area (Å²) in [6, 6.07) is 9.53. The number of benzene rings is 1. The van der Waals surface area contributed by atoms with Gasteiger partial charge in [-0.15, -0.1) is 0 Å². The van der Waals surface area contributed by atoms with Gasteiger partial charge < -0.3 is 5.32 Å². The van der Waals surface area contributed by atoms with E-state index in [1.54, 1.807) is 0 Å². The lowest BCUT2D eigenvalue weighted by atomic mass is 9.80. The van der Waals surface area contributed by atoms with E-state index in [0.717, 1.165) is 6.42 Å². The Bertz CT molecular complexity index is 419. The first kappa shape index (κ1) is 17.2. The molecule has 2 rings (SSSR count). The fourth-order valence-corrected chi connectivity index (χ4v) is 4.35. The first-order chi connectivity index (χ1) is 10.2. The number of nitrogens with one attached hydrogen (secondary N) is 1. The highest BCUT2D eigenvalue weighted by atomic mass is 127. The smallest absolute Gasteiger partial charge is 0.0360 e. The van der Waals surface area contributed by atoms with Crippen molar-refractivity contribution < 1.29 is 0 Å². The maximum absolute atomic E-state index is 3.64. The van der Waals surface area contributed by atoms with Crippen molar-refractivity contribution in [2.45, 2.75) is 57.5 Å². The Balaban J connectivity index is 2.20. The summed E-state index contributed by atoms with van der Waals surface area (Å²) < 4.78 is 1.31. The van der Waals surface area contributed by atoms with Crippen molar-refractivity contribution in [1.82, 2.24) is 10.2 Å². The SMILES string of the molecule is CCC(CC)(C(Cc1ccc(I)cc1)NC)N1CCCC1. The quantitative estimate of drug-likeness (QED) is 0.694. The zero-order chi connectivity index (χ0) is 15.3. The number of rotatable bonds is 7. The van der Waals surface area contributed by atoms with Crippen LogP contribution in [0.4, 0.5) is 0 Å². The second kappa shape index (κ2) is 7.93. The molecule has 3 heteroatoms. The molecule has 0 spiro atoms. The average molecular weight is 400 g/mol. The highest BCUT2D eigenvalue weighted by Crippen LogP contribution is 2.33. The number of hydrogen-bond donors (Lipinski definition) is 1. The molecule has 1 aliphatic heterocycles. The van der Waals surface area contributed by atoms with Crippen LogP contribution in [0.3, 0.4) is 0 Å². The summed E-state index contributed by atoms with van der Waals surface area (Å²) in [5, 5.41) is 3.64. The first-order valence-corrected chi connectivity index (χ1v) is 9.41. The topological polar surface area (TPSA) is 15.3 Å². The van der Waals surface area contributed by atoms with Crippen LogP contribution in [0, 0.1) is 3.57 Å². The molecule has 1 unspecified atom stereocenters. The number of likely N-dealkylation sites (N-methyl/N-ethyl adjacent to an activating group) is 1. The molecule has 1 fully saturated rings. The van der Waals surface area contributed by atoms with Crippen molar-refractivity contribution in [2.24, 2.45) is 0 Å². The van der Waals surface area contributed by atoms with Crippen LogP contribution in [0.25, 0.3) is 0 Å². The second-order valence-electron chi connectivity index (χ2n) is 6.18. The molecule has 1 atom stereocenters. The van der Waals surface area contributed by atoms with Gasteiger partial charge in [0.2, 0.25) is 0 Å². The van der Waals surface area contributed by atoms with Crippen LogP contribution in [0.2, 0.25) is 0 Å². The monoisotopic (exact) mass is 400 g/mol. The molecule has 2 nitrogen and oxygen atoms in total. The molecule has 1 heterocycles. The molecule has 1 saturated heterocycles. The molecule has 1 aromatic carbocycles. The Kier molecular flexibility index (Phi) is 6.51. The lowest BCUT2D eigenvalue weighted by Gasteiger charge is -2.47. The summed E-state index contributed by atoms with van der Waals surface area (Å²) in [5.41, 5.74) is 1.74. The van der Waals surface area contributed by atoms with E-state index in [1.165, 1.54) is 47.9 Å². The number of nitrogens with zero attached hydrogens (tertiary/aromatic N) is 1. The van der Waals surface area contributed by atoms with Crippen molar-refractivity contribution in [3.63, 3.8) is 0 Å². The van der Waals surface area contributed by atoms with Crippen molar-refractivity contribution in [3.8, 4) is 0 Å². The van der Waals surface area contributed by atoms with Crippen LogP contribution in [0.1, 0.15) is 45.1 Å². The Hall–Kier alpha value is -0.130. The third kappa shape index (κ3) is 3.80. The van der Waals surface area contributed by atoms with Gasteiger partial charge in [-0.3, -0.25) is 4.90 Å². The minimum atomic E-state index is 0.300. The van der Waals surface area contributed by atoms with Crippen molar-refractivity contribution in [1.29, 1.82) is 0 Å². The summed E-state index contributed by atoms with van der Waals surface area (Å²) in [5.74, 6) is 0.